The van der Waals surface area contributed by atoms with Gasteiger partial charge in [-0.25, -0.2) is 4.68 Å². The highest BCUT2D eigenvalue weighted by molar-refractivity contribution is 6.32. The molecule has 0 saturated heterocycles. The molecule has 0 aliphatic heterocycles. The van der Waals surface area contributed by atoms with Crippen LogP contribution in [0, 0.1) is 6.92 Å². The van der Waals surface area contributed by atoms with Gasteiger partial charge in [0, 0.05) is 5.69 Å². The molecule has 0 aliphatic rings. The highest BCUT2D eigenvalue weighted by Crippen LogP contribution is 2.31. The smallest absolute Gasteiger partial charge is 0.372 e. The molecular formula is C28H31ClF3N3O. The molecular weight excluding hydrogens is 487 g/mol. The molecule has 1 amide bonds. The number of alkyl halides is 3. The Bertz CT molecular complexity index is 1160. The molecule has 0 aliphatic carbocycles. The van der Waals surface area contributed by atoms with Gasteiger partial charge in [0.15, 0.2) is 5.69 Å². The van der Waals surface area contributed by atoms with Crippen molar-refractivity contribution in [3.8, 4) is 5.69 Å². The van der Waals surface area contributed by atoms with Crippen LogP contribution < -0.4 is 5.73 Å². The van der Waals surface area contributed by atoms with Crippen molar-refractivity contribution >= 4 is 18.0 Å². The summed E-state index contributed by atoms with van der Waals surface area (Å²) in [5.74, 6) is 0. The van der Waals surface area contributed by atoms with Gasteiger partial charge in [0.25, 0.3) is 0 Å². The molecule has 3 rings (SSSR count). The van der Waals surface area contributed by atoms with Gasteiger partial charge < -0.3 is 5.73 Å². The molecule has 0 unspecified atom stereocenters. The third-order valence-corrected chi connectivity index (χ3v) is 5.14. The van der Waals surface area contributed by atoms with E-state index in [2.05, 4.69) is 17.4 Å². The van der Waals surface area contributed by atoms with E-state index in [1.54, 1.807) is 24.3 Å². The Labute approximate surface area is 215 Å². The maximum Gasteiger partial charge on any atom is 0.435 e. The zero-order valence-corrected chi connectivity index (χ0v) is 21.4. The highest BCUT2D eigenvalue weighted by Gasteiger charge is 2.35. The predicted molar refractivity (Wildman–Crippen MR) is 141 cm³/mol. The molecule has 0 spiro atoms. The van der Waals surface area contributed by atoms with Gasteiger partial charge in [0.1, 0.15) is 0 Å². The molecule has 8 heteroatoms. The lowest BCUT2D eigenvalue weighted by atomic mass is 10.1. The number of benzene rings is 2. The molecule has 1 heterocycles. The minimum atomic E-state index is -4.49. The number of para-hydroxylation sites is 1. The Balaban J connectivity index is 0.000000498. The van der Waals surface area contributed by atoms with Crippen molar-refractivity contribution in [3.63, 3.8) is 0 Å². The third-order valence-electron chi connectivity index (χ3n) is 4.82. The van der Waals surface area contributed by atoms with Gasteiger partial charge >= 0.3 is 6.18 Å². The summed E-state index contributed by atoms with van der Waals surface area (Å²) in [6.45, 7) is 9.62. The zero-order chi connectivity index (χ0) is 27.1. The Kier molecular flexibility index (Phi) is 13.0. The lowest BCUT2D eigenvalue weighted by molar-refractivity contribution is -0.141. The largest absolute Gasteiger partial charge is 0.435 e. The summed E-state index contributed by atoms with van der Waals surface area (Å²) in [6.07, 6.45) is 4.65. The number of primary amides is 1. The van der Waals surface area contributed by atoms with Crippen LogP contribution in [-0.4, -0.2) is 16.2 Å². The second kappa shape index (κ2) is 15.4. The molecule has 3 aromatic rings. The minimum absolute atomic E-state index is 0.250. The van der Waals surface area contributed by atoms with Crippen molar-refractivity contribution in [2.24, 2.45) is 5.73 Å². The van der Waals surface area contributed by atoms with Crippen molar-refractivity contribution in [2.45, 2.75) is 39.8 Å². The first kappa shape index (κ1) is 30.5. The standard InChI is InChI=1S/C19H16ClF3N2.C8H12.CH3NO/c1-13-6-8-14(9-7-13)10-11-15-12-18(19(21,22)23)24-25(15)17-5-3-2-4-16(17)20;1-4-6-7-8(3)5-2;2-1-3/h2-9,12H,10-11H2,1H3;4-7H,2H2,1,3H3;1H,(H2,2,3)/b;6-4-,8-7-;. The van der Waals surface area contributed by atoms with E-state index >= 15 is 0 Å². The van der Waals surface area contributed by atoms with Gasteiger partial charge in [-0.2, -0.15) is 18.3 Å². The molecule has 0 fully saturated rings. The van der Waals surface area contributed by atoms with Crippen LogP contribution in [0.2, 0.25) is 5.02 Å². The summed E-state index contributed by atoms with van der Waals surface area (Å²) in [6, 6.07) is 15.8. The fraction of sp³-hybridized carbons (Fsp3) is 0.214. The van der Waals surface area contributed by atoms with Crippen LogP contribution in [0.5, 0.6) is 0 Å². The summed E-state index contributed by atoms with van der Waals surface area (Å²) < 4.78 is 40.6. The number of nitrogens with two attached hydrogens (primary N) is 1. The van der Waals surface area contributed by atoms with Crippen LogP contribution in [0.4, 0.5) is 13.2 Å². The van der Waals surface area contributed by atoms with Crippen LogP contribution in [0.25, 0.3) is 5.69 Å². The molecule has 2 N–H and O–H groups in total. The van der Waals surface area contributed by atoms with Crippen molar-refractivity contribution in [3.05, 3.63) is 119 Å². The number of hydrogen-bond acceptors (Lipinski definition) is 2. The van der Waals surface area contributed by atoms with Crippen molar-refractivity contribution in [2.75, 3.05) is 0 Å². The third kappa shape index (κ3) is 10.4. The molecule has 0 saturated carbocycles. The minimum Gasteiger partial charge on any atom is -0.372 e. The number of aromatic nitrogens is 2. The number of halogens is 4. The van der Waals surface area contributed by atoms with Crippen molar-refractivity contribution < 1.29 is 18.0 Å². The summed E-state index contributed by atoms with van der Waals surface area (Å²) in [4.78, 5) is 8.58. The number of carbonyl (C=O) groups is 1. The van der Waals surface area contributed by atoms with Gasteiger partial charge in [0.2, 0.25) is 6.41 Å². The Hall–Kier alpha value is -3.58. The fourth-order valence-electron chi connectivity index (χ4n) is 2.91. The van der Waals surface area contributed by atoms with Crippen LogP contribution in [0.3, 0.4) is 0 Å². The molecule has 1 aromatic heterocycles. The first-order valence-corrected chi connectivity index (χ1v) is 11.5. The summed E-state index contributed by atoms with van der Waals surface area (Å²) in [5.41, 5.74) is 7.57. The van der Waals surface area contributed by atoms with E-state index < -0.39 is 11.9 Å². The van der Waals surface area contributed by atoms with Crippen LogP contribution in [-0.2, 0) is 23.8 Å². The molecule has 4 nitrogen and oxygen atoms in total. The quantitative estimate of drug-likeness (QED) is 0.273. The van der Waals surface area contributed by atoms with Gasteiger partial charge in [0.05, 0.1) is 10.7 Å². The number of carbonyl (C=O) groups excluding carboxylic acids is 1. The van der Waals surface area contributed by atoms with Crippen LogP contribution in [0.1, 0.15) is 36.4 Å². The fourth-order valence-corrected chi connectivity index (χ4v) is 3.13. The van der Waals surface area contributed by atoms with E-state index in [-0.39, 0.29) is 6.41 Å². The van der Waals surface area contributed by atoms with Gasteiger partial charge in [-0.1, -0.05) is 90.0 Å². The lowest BCUT2D eigenvalue weighted by Gasteiger charge is -2.09. The number of rotatable bonds is 6. The van der Waals surface area contributed by atoms with Crippen molar-refractivity contribution in [1.29, 1.82) is 0 Å². The molecule has 0 atom stereocenters. The average Bonchev–Trinajstić information content (AvgIpc) is 3.28. The van der Waals surface area contributed by atoms with Gasteiger partial charge in [-0.15, -0.1) is 0 Å². The molecule has 0 bridgehead atoms. The van der Waals surface area contributed by atoms with Crippen LogP contribution in [0.15, 0.2) is 91.1 Å². The normalized spacial score (nSPS) is 11.2. The van der Waals surface area contributed by atoms with E-state index in [4.69, 9.17) is 16.4 Å². The van der Waals surface area contributed by atoms with Gasteiger partial charge in [-0.3, -0.25) is 4.79 Å². The summed E-state index contributed by atoms with van der Waals surface area (Å²) >= 11 is 6.15. The highest BCUT2D eigenvalue weighted by atomic mass is 35.5. The Morgan fingerprint density at radius 2 is 1.75 bits per heavy atom. The topological polar surface area (TPSA) is 60.9 Å². The zero-order valence-electron chi connectivity index (χ0n) is 20.6. The van der Waals surface area contributed by atoms with E-state index in [0.29, 0.717) is 29.2 Å². The first-order chi connectivity index (χ1) is 17.1. The Morgan fingerprint density at radius 1 is 1.14 bits per heavy atom. The van der Waals surface area contributed by atoms with Crippen LogP contribution >= 0.6 is 11.6 Å². The number of allylic oxidation sites excluding steroid dienone is 5. The monoisotopic (exact) mass is 517 g/mol. The SMILES string of the molecule is C=C/C(C)=C\C=C/C.Cc1ccc(CCc2cc(C(F)(F)F)nn2-c2ccccc2Cl)cc1.NC=O. The molecule has 2 aromatic carbocycles. The van der Waals surface area contributed by atoms with E-state index in [9.17, 15) is 13.2 Å². The summed E-state index contributed by atoms with van der Waals surface area (Å²) in [7, 11) is 0. The van der Waals surface area contributed by atoms with E-state index in [1.807, 2.05) is 69.3 Å². The second-order valence-electron chi connectivity index (χ2n) is 7.64. The summed E-state index contributed by atoms with van der Waals surface area (Å²) in [5, 5.41) is 4.10. The first-order valence-electron chi connectivity index (χ1n) is 11.1. The maximum atomic E-state index is 13.1. The number of aryl methyl sites for hydroxylation is 3. The molecule has 0 radical (unpaired) electrons. The number of amides is 1. The maximum absolute atomic E-state index is 13.1. The lowest BCUT2D eigenvalue weighted by Crippen LogP contribution is -2.08. The average molecular weight is 518 g/mol. The van der Waals surface area contributed by atoms with Crippen molar-refractivity contribution in [1.82, 2.24) is 9.78 Å². The predicted octanol–water partition coefficient (Wildman–Crippen LogP) is 7.43. The number of nitrogens with zero attached hydrogens (tertiary/aromatic N) is 2. The van der Waals surface area contributed by atoms with E-state index in [0.717, 1.165) is 17.2 Å². The molecule has 192 valence electrons. The van der Waals surface area contributed by atoms with Gasteiger partial charge in [-0.05, 0) is 57.4 Å². The van der Waals surface area contributed by atoms with E-state index in [1.165, 1.54) is 10.3 Å². The Morgan fingerprint density at radius 3 is 2.28 bits per heavy atom. The molecule has 36 heavy (non-hydrogen) atoms. The number of hydrogen-bond donors (Lipinski definition) is 1. The second-order valence-corrected chi connectivity index (χ2v) is 8.05.